The Kier molecular flexibility index (Phi) is 5.01. The van der Waals surface area contributed by atoms with E-state index in [9.17, 15) is 9.50 Å². The van der Waals surface area contributed by atoms with Crippen LogP contribution in [0.5, 0.6) is 11.5 Å². The van der Waals surface area contributed by atoms with Gasteiger partial charge in [-0.05, 0) is 28.4 Å². The third kappa shape index (κ3) is 3.38. The summed E-state index contributed by atoms with van der Waals surface area (Å²) in [6.45, 7) is 4.82. The lowest BCUT2D eigenvalue weighted by molar-refractivity contribution is 0.242. The number of hydrogen-bond acceptors (Lipinski definition) is 4. The highest BCUT2D eigenvalue weighted by Crippen LogP contribution is 2.37. The van der Waals surface area contributed by atoms with E-state index >= 15 is 0 Å². The monoisotopic (exact) mass is 332 g/mol. The molecule has 0 saturated carbocycles. The summed E-state index contributed by atoms with van der Waals surface area (Å²) in [5.41, 5.74) is 0.698. The molecule has 0 bridgehead atoms. The fourth-order valence-electron chi connectivity index (χ4n) is 2.23. The first-order valence-corrected chi connectivity index (χ1v) is 7.09. The van der Waals surface area contributed by atoms with Gasteiger partial charge in [-0.3, -0.25) is 0 Å². The molecule has 1 fully saturated rings. The van der Waals surface area contributed by atoms with Crippen molar-refractivity contribution in [2.45, 2.75) is 6.42 Å². The van der Waals surface area contributed by atoms with E-state index in [-0.39, 0.29) is 11.5 Å². The van der Waals surface area contributed by atoms with E-state index < -0.39 is 5.82 Å². The molecule has 0 aromatic heterocycles. The number of hydrogen-bond donors (Lipinski definition) is 2. The number of phenols is 1. The zero-order valence-corrected chi connectivity index (χ0v) is 12.5. The average molecular weight is 333 g/mol. The van der Waals surface area contributed by atoms with Gasteiger partial charge in [0, 0.05) is 38.3 Å². The molecule has 0 amide bonds. The topological polar surface area (TPSA) is 44.7 Å². The van der Waals surface area contributed by atoms with Crippen LogP contribution in [0, 0.1) is 5.82 Å². The van der Waals surface area contributed by atoms with E-state index in [1.807, 2.05) is 0 Å². The normalized spacial score (nSPS) is 16.6. The van der Waals surface area contributed by atoms with Crippen molar-refractivity contribution in [3.63, 3.8) is 0 Å². The van der Waals surface area contributed by atoms with Crippen molar-refractivity contribution < 1.29 is 14.2 Å². The number of benzene rings is 1. The number of nitrogens with one attached hydrogen (secondary N) is 1. The van der Waals surface area contributed by atoms with Gasteiger partial charge in [0.1, 0.15) is 0 Å². The van der Waals surface area contributed by atoms with Crippen molar-refractivity contribution in [3.05, 3.63) is 21.9 Å². The molecule has 1 aromatic carbocycles. The van der Waals surface area contributed by atoms with Gasteiger partial charge in [0.2, 0.25) is 0 Å². The van der Waals surface area contributed by atoms with Crippen molar-refractivity contribution in [3.8, 4) is 11.5 Å². The second-order valence-electron chi connectivity index (χ2n) is 4.55. The molecular formula is C13H18BrFN2O2. The minimum Gasteiger partial charge on any atom is -0.504 e. The van der Waals surface area contributed by atoms with E-state index in [0.29, 0.717) is 16.5 Å². The van der Waals surface area contributed by atoms with E-state index in [1.165, 1.54) is 7.11 Å². The lowest BCUT2D eigenvalue weighted by Crippen LogP contribution is -2.44. The van der Waals surface area contributed by atoms with Crippen molar-refractivity contribution >= 4 is 15.9 Å². The summed E-state index contributed by atoms with van der Waals surface area (Å²) in [6, 6.07) is 1.62. The number of piperazine rings is 1. The number of rotatable bonds is 4. The van der Waals surface area contributed by atoms with Gasteiger partial charge in [-0.2, -0.15) is 0 Å². The minimum atomic E-state index is -0.564. The summed E-state index contributed by atoms with van der Waals surface area (Å²) in [5.74, 6) is -0.756. The highest BCUT2D eigenvalue weighted by Gasteiger charge is 2.18. The Morgan fingerprint density at radius 3 is 2.79 bits per heavy atom. The molecule has 0 unspecified atom stereocenters. The van der Waals surface area contributed by atoms with Gasteiger partial charge in [-0.1, -0.05) is 0 Å². The molecule has 1 aromatic rings. The van der Waals surface area contributed by atoms with Crippen LogP contribution in [-0.2, 0) is 6.42 Å². The lowest BCUT2D eigenvalue weighted by atomic mass is 10.1. The molecule has 0 radical (unpaired) electrons. The largest absolute Gasteiger partial charge is 0.504 e. The molecule has 0 spiro atoms. The second-order valence-corrected chi connectivity index (χ2v) is 5.41. The fourth-order valence-corrected chi connectivity index (χ4v) is 2.69. The molecule has 1 aliphatic heterocycles. The van der Waals surface area contributed by atoms with Crippen molar-refractivity contribution in [1.29, 1.82) is 0 Å². The summed E-state index contributed by atoms with van der Waals surface area (Å²) < 4.78 is 18.9. The first kappa shape index (κ1) is 14.6. The Labute approximate surface area is 120 Å². The van der Waals surface area contributed by atoms with Crippen LogP contribution in [0.2, 0.25) is 0 Å². The van der Waals surface area contributed by atoms with Gasteiger partial charge in [0.05, 0.1) is 11.6 Å². The lowest BCUT2D eigenvalue weighted by Gasteiger charge is -2.27. The molecule has 6 heteroatoms. The standard InChI is InChI=1S/C13H18BrFN2O2/c1-19-13-11(15)10(14)8-9(12(13)18)2-5-17-6-3-16-4-7-17/h8,16,18H,2-7H2,1H3. The zero-order chi connectivity index (χ0) is 13.8. The summed E-state index contributed by atoms with van der Waals surface area (Å²) in [6.07, 6.45) is 0.668. The summed E-state index contributed by atoms with van der Waals surface area (Å²) in [7, 11) is 1.35. The van der Waals surface area contributed by atoms with Crippen LogP contribution in [0.3, 0.4) is 0 Å². The smallest absolute Gasteiger partial charge is 0.198 e. The van der Waals surface area contributed by atoms with Crippen LogP contribution in [0.25, 0.3) is 0 Å². The zero-order valence-electron chi connectivity index (χ0n) is 10.9. The average Bonchev–Trinajstić information content (AvgIpc) is 2.43. The van der Waals surface area contributed by atoms with Crippen molar-refractivity contribution in [1.82, 2.24) is 10.2 Å². The highest BCUT2D eigenvalue weighted by atomic mass is 79.9. The highest BCUT2D eigenvalue weighted by molar-refractivity contribution is 9.10. The maximum Gasteiger partial charge on any atom is 0.198 e. The predicted molar refractivity (Wildman–Crippen MR) is 75.3 cm³/mol. The number of halogens is 2. The molecule has 4 nitrogen and oxygen atoms in total. The SMILES string of the molecule is COc1c(O)c(CCN2CCNCC2)cc(Br)c1F. The molecular weight excluding hydrogens is 315 g/mol. The molecule has 19 heavy (non-hydrogen) atoms. The minimum absolute atomic E-state index is 0.0929. The summed E-state index contributed by atoms with van der Waals surface area (Å²) in [4.78, 5) is 2.32. The van der Waals surface area contributed by atoms with Crippen LogP contribution in [0.15, 0.2) is 10.5 Å². The number of aromatic hydroxyl groups is 1. The van der Waals surface area contributed by atoms with Crippen molar-refractivity contribution in [2.75, 3.05) is 39.8 Å². The fraction of sp³-hybridized carbons (Fsp3) is 0.538. The van der Waals surface area contributed by atoms with Crippen LogP contribution in [-0.4, -0.2) is 49.8 Å². The number of ether oxygens (including phenoxy) is 1. The van der Waals surface area contributed by atoms with E-state index in [0.717, 1.165) is 32.7 Å². The Bertz CT molecular complexity index is 451. The third-order valence-corrected chi connectivity index (χ3v) is 3.92. The first-order chi connectivity index (χ1) is 9.13. The van der Waals surface area contributed by atoms with E-state index in [4.69, 9.17) is 4.74 Å². The Balaban J connectivity index is 2.09. The molecule has 2 N–H and O–H groups in total. The molecule has 106 valence electrons. The number of phenolic OH excluding ortho intramolecular Hbond substituents is 1. The van der Waals surface area contributed by atoms with Crippen LogP contribution in [0.4, 0.5) is 4.39 Å². The van der Waals surface area contributed by atoms with Crippen molar-refractivity contribution in [2.24, 2.45) is 0 Å². The maximum absolute atomic E-state index is 13.7. The second kappa shape index (κ2) is 6.54. The van der Waals surface area contributed by atoms with Gasteiger partial charge in [0.15, 0.2) is 17.3 Å². The van der Waals surface area contributed by atoms with Gasteiger partial charge >= 0.3 is 0 Å². The van der Waals surface area contributed by atoms with Gasteiger partial charge in [-0.25, -0.2) is 4.39 Å². The van der Waals surface area contributed by atoms with Crippen LogP contribution >= 0.6 is 15.9 Å². The van der Waals surface area contributed by atoms with Crippen LogP contribution in [0.1, 0.15) is 5.56 Å². The first-order valence-electron chi connectivity index (χ1n) is 6.30. The molecule has 0 aliphatic carbocycles. The molecule has 2 rings (SSSR count). The third-order valence-electron chi connectivity index (χ3n) is 3.34. The molecule has 1 aliphatic rings. The van der Waals surface area contributed by atoms with Gasteiger partial charge in [-0.15, -0.1) is 0 Å². The number of nitrogens with zero attached hydrogens (tertiary/aromatic N) is 1. The molecule has 0 atom stereocenters. The Morgan fingerprint density at radius 2 is 2.16 bits per heavy atom. The number of methoxy groups -OCH3 is 1. The molecule has 1 saturated heterocycles. The molecule has 1 heterocycles. The quantitative estimate of drug-likeness (QED) is 0.881. The van der Waals surface area contributed by atoms with Crippen LogP contribution < -0.4 is 10.1 Å². The Hall–Kier alpha value is -0.850. The summed E-state index contributed by atoms with van der Waals surface area (Å²) in [5, 5.41) is 13.3. The van der Waals surface area contributed by atoms with Gasteiger partial charge < -0.3 is 20.1 Å². The van der Waals surface area contributed by atoms with E-state index in [2.05, 4.69) is 26.1 Å². The summed E-state index contributed by atoms with van der Waals surface area (Å²) >= 11 is 3.15. The maximum atomic E-state index is 13.7. The van der Waals surface area contributed by atoms with E-state index in [1.54, 1.807) is 6.07 Å². The Morgan fingerprint density at radius 1 is 1.47 bits per heavy atom. The van der Waals surface area contributed by atoms with Gasteiger partial charge in [0.25, 0.3) is 0 Å². The predicted octanol–water partition coefficient (Wildman–Crippen LogP) is 1.75.